The van der Waals surface area contributed by atoms with Crippen molar-refractivity contribution < 1.29 is 14.4 Å². The van der Waals surface area contributed by atoms with Crippen LogP contribution in [0.4, 0.5) is 4.39 Å². The van der Waals surface area contributed by atoms with Crippen LogP contribution in [0.1, 0.15) is 11.7 Å². The summed E-state index contributed by atoms with van der Waals surface area (Å²) in [6.45, 7) is -0.680. The Kier molecular flexibility index (Phi) is 2.92. The smallest absolute Gasteiger partial charge is 0.233 e. The Labute approximate surface area is 73.8 Å². The lowest BCUT2D eigenvalue weighted by atomic mass is 10.1. The summed E-state index contributed by atoms with van der Waals surface area (Å²) in [7, 11) is 0. The van der Waals surface area contributed by atoms with E-state index in [0.717, 1.165) is 6.07 Å². The first-order chi connectivity index (χ1) is 6.11. The van der Waals surface area contributed by atoms with Crippen LogP contribution in [0.3, 0.4) is 0 Å². The van der Waals surface area contributed by atoms with Gasteiger partial charge >= 0.3 is 0 Å². The first-order valence-corrected chi connectivity index (χ1v) is 3.65. The van der Waals surface area contributed by atoms with E-state index in [1.54, 1.807) is 0 Å². The summed E-state index contributed by atoms with van der Waals surface area (Å²) in [6, 6.07) is 5.45. The Bertz CT molecular complexity index is 316. The summed E-state index contributed by atoms with van der Waals surface area (Å²) in [5, 5.41) is 19.2. The molecule has 0 heterocycles. The molecule has 0 fully saturated rings. The van der Waals surface area contributed by atoms with Crippen molar-refractivity contribution >= 4 is 0 Å². The van der Waals surface area contributed by atoms with Gasteiger partial charge in [0.25, 0.3) is 0 Å². The maximum atomic E-state index is 12.9. The Morgan fingerprint density at radius 2 is 2.15 bits per heavy atom. The van der Waals surface area contributed by atoms with Crippen LogP contribution < -0.4 is 0 Å². The van der Waals surface area contributed by atoms with E-state index < -0.39 is 23.4 Å². The van der Waals surface area contributed by atoms with E-state index >= 15 is 0 Å². The number of hydrogen-bond donors (Lipinski definition) is 1. The summed E-state index contributed by atoms with van der Waals surface area (Å²) in [6.07, 6.45) is -1.38. The maximum absolute atomic E-state index is 12.9. The van der Waals surface area contributed by atoms with Gasteiger partial charge in [-0.15, -0.1) is 0 Å². The van der Waals surface area contributed by atoms with Crippen molar-refractivity contribution in [1.82, 2.24) is 0 Å². The molecule has 1 aromatic rings. The third-order valence-electron chi connectivity index (χ3n) is 1.59. The van der Waals surface area contributed by atoms with Crippen LogP contribution in [0.2, 0.25) is 0 Å². The van der Waals surface area contributed by atoms with E-state index in [2.05, 4.69) is 0 Å². The second-order valence-electron chi connectivity index (χ2n) is 2.55. The lowest BCUT2D eigenvalue weighted by molar-refractivity contribution is -0.491. The largest absolute Gasteiger partial charge is 0.381 e. The molecule has 0 aliphatic carbocycles. The van der Waals surface area contributed by atoms with Crippen LogP contribution in [-0.2, 0) is 0 Å². The van der Waals surface area contributed by atoms with E-state index in [0.29, 0.717) is 0 Å². The highest BCUT2D eigenvalue weighted by Crippen LogP contribution is 2.16. The molecule has 0 amide bonds. The monoisotopic (exact) mass is 185 g/mol. The van der Waals surface area contributed by atoms with Crippen molar-refractivity contribution in [3.63, 3.8) is 0 Å². The Hall–Kier alpha value is -1.49. The molecule has 0 spiro atoms. The third-order valence-corrected chi connectivity index (χ3v) is 1.59. The molecule has 0 radical (unpaired) electrons. The molecule has 0 aliphatic rings. The summed E-state index contributed by atoms with van der Waals surface area (Å²) in [4.78, 5) is 9.33. The van der Waals surface area contributed by atoms with E-state index in [1.165, 1.54) is 18.2 Å². The molecule has 4 nitrogen and oxygen atoms in total. The molecule has 0 saturated heterocycles. The summed E-state index contributed by atoms with van der Waals surface area (Å²) < 4.78 is 12.9. The Morgan fingerprint density at radius 3 is 2.69 bits per heavy atom. The second-order valence-corrected chi connectivity index (χ2v) is 2.55. The molecule has 13 heavy (non-hydrogen) atoms. The lowest BCUT2D eigenvalue weighted by Gasteiger charge is -2.06. The minimum absolute atomic E-state index is 0.0424. The summed E-state index contributed by atoms with van der Waals surface area (Å²) in [5.41, 5.74) is -0.0424. The van der Waals surface area contributed by atoms with Crippen LogP contribution in [0.25, 0.3) is 0 Å². The minimum Gasteiger partial charge on any atom is -0.381 e. The molecule has 0 aromatic heterocycles. The van der Waals surface area contributed by atoms with Crippen molar-refractivity contribution in [1.29, 1.82) is 0 Å². The van der Waals surface area contributed by atoms with Gasteiger partial charge in [-0.25, -0.2) is 4.39 Å². The van der Waals surface area contributed by atoms with Gasteiger partial charge in [0.1, 0.15) is 11.9 Å². The van der Waals surface area contributed by atoms with Gasteiger partial charge in [-0.1, -0.05) is 18.2 Å². The van der Waals surface area contributed by atoms with Crippen molar-refractivity contribution in [2.75, 3.05) is 6.54 Å². The average Bonchev–Trinajstić information content (AvgIpc) is 2.03. The fourth-order valence-corrected chi connectivity index (χ4v) is 0.985. The van der Waals surface area contributed by atoms with Crippen LogP contribution >= 0.6 is 0 Å². The number of benzene rings is 1. The predicted molar refractivity (Wildman–Crippen MR) is 43.2 cm³/mol. The molecule has 5 heteroatoms. The zero-order valence-electron chi connectivity index (χ0n) is 6.68. The molecule has 1 aromatic carbocycles. The number of aliphatic hydroxyl groups is 1. The standard InChI is InChI=1S/C8H8FNO3/c9-7-4-2-1-3-6(7)8(11)5-10(12)13/h1-4,8,11H,5H2. The molecule has 1 rings (SSSR count). The van der Waals surface area contributed by atoms with Gasteiger partial charge in [0.05, 0.1) is 0 Å². The number of nitrogens with zero attached hydrogens (tertiary/aromatic N) is 1. The first-order valence-electron chi connectivity index (χ1n) is 3.65. The van der Waals surface area contributed by atoms with Crippen LogP contribution in [-0.4, -0.2) is 16.6 Å². The number of hydrogen-bond acceptors (Lipinski definition) is 3. The minimum atomic E-state index is -1.38. The topological polar surface area (TPSA) is 63.4 Å². The number of halogens is 1. The molecule has 70 valence electrons. The molecular weight excluding hydrogens is 177 g/mol. The van der Waals surface area contributed by atoms with Gasteiger partial charge in [0.2, 0.25) is 6.54 Å². The van der Waals surface area contributed by atoms with Gasteiger partial charge in [0.15, 0.2) is 0 Å². The van der Waals surface area contributed by atoms with Gasteiger partial charge in [0, 0.05) is 10.5 Å². The predicted octanol–water partition coefficient (Wildman–Crippen LogP) is 1.14. The van der Waals surface area contributed by atoms with E-state index in [-0.39, 0.29) is 5.56 Å². The van der Waals surface area contributed by atoms with Crippen molar-refractivity contribution in [3.05, 3.63) is 45.8 Å². The van der Waals surface area contributed by atoms with Crippen molar-refractivity contribution in [2.24, 2.45) is 0 Å². The lowest BCUT2D eigenvalue weighted by Crippen LogP contribution is -2.12. The van der Waals surface area contributed by atoms with E-state index in [9.17, 15) is 19.6 Å². The molecule has 1 unspecified atom stereocenters. The van der Waals surface area contributed by atoms with Crippen LogP contribution in [0, 0.1) is 15.9 Å². The van der Waals surface area contributed by atoms with E-state index in [1.807, 2.05) is 0 Å². The maximum Gasteiger partial charge on any atom is 0.233 e. The third kappa shape index (κ3) is 2.48. The molecule has 0 bridgehead atoms. The number of aliphatic hydroxyl groups excluding tert-OH is 1. The molecule has 1 atom stereocenters. The van der Waals surface area contributed by atoms with Gasteiger partial charge in [-0.2, -0.15) is 0 Å². The first kappa shape index (κ1) is 9.60. The Morgan fingerprint density at radius 1 is 1.54 bits per heavy atom. The average molecular weight is 185 g/mol. The van der Waals surface area contributed by atoms with E-state index in [4.69, 9.17) is 0 Å². The fraction of sp³-hybridized carbons (Fsp3) is 0.250. The normalized spacial score (nSPS) is 12.5. The van der Waals surface area contributed by atoms with Gasteiger partial charge in [-0.3, -0.25) is 10.1 Å². The van der Waals surface area contributed by atoms with Crippen LogP contribution in [0.15, 0.2) is 24.3 Å². The quantitative estimate of drug-likeness (QED) is 0.567. The van der Waals surface area contributed by atoms with Crippen molar-refractivity contribution in [2.45, 2.75) is 6.10 Å². The highest BCUT2D eigenvalue weighted by atomic mass is 19.1. The Balaban J connectivity index is 2.82. The van der Waals surface area contributed by atoms with Crippen LogP contribution in [0.5, 0.6) is 0 Å². The molecule has 1 N–H and O–H groups in total. The fourth-order valence-electron chi connectivity index (χ4n) is 0.985. The molecular formula is C8H8FNO3. The SMILES string of the molecule is O=[N+]([O-])CC(O)c1ccccc1F. The highest BCUT2D eigenvalue weighted by Gasteiger charge is 2.16. The highest BCUT2D eigenvalue weighted by molar-refractivity contribution is 5.19. The second kappa shape index (κ2) is 3.95. The zero-order chi connectivity index (χ0) is 9.84. The summed E-state index contributed by atoms with van der Waals surface area (Å²) >= 11 is 0. The van der Waals surface area contributed by atoms with Gasteiger partial charge < -0.3 is 5.11 Å². The summed E-state index contributed by atoms with van der Waals surface area (Å²) in [5.74, 6) is -0.628. The molecule has 0 aliphatic heterocycles. The number of rotatable bonds is 3. The zero-order valence-corrected chi connectivity index (χ0v) is 6.68. The van der Waals surface area contributed by atoms with Gasteiger partial charge in [-0.05, 0) is 6.07 Å². The van der Waals surface area contributed by atoms with Crippen molar-refractivity contribution in [3.8, 4) is 0 Å². The number of nitro groups is 1. The molecule has 0 saturated carbocycles.